The molecule has 0 saturated heterocycles. The molecule has 0 fully saturated rings. The van der Waals surface area contributed by atoms with Crippen LogP contribution < -0.4 is 4.74 Å². The van der Waals surface area contributed by atoms with Gasteiger partial charge in [0.1, 0.15) is 0 Å². The van der Waals surface area contributed by atoms with Crippen LogP contribution in [0.4, 0.5) is 0 Å². The molecule has 0 aliphatic heterocycles. The van der Waals surface area contributed by atoms with Crippen LogP contribution in [-0.2, 0) is 0 Å². The van der Waals surface area contributed by atoms with Crippen molar-refractivity contribution >= 4 is 31.6 Å². The SMILES string of the molecule is COc1cncnc1Sc1ccc(I(C)C)cc1. The molecule has 0 bridgehead atoms. The van der Waals surface area contributed by atoms with E-state index >= 15 is 0 Å². The van der Waals surface area contributed by atoms with Crippen LogP contribution >= 0.6 is 31.6 Å². The Balaban J connectivity index is 2.18. The molecular formula is C13H15IN2OS. The van der Waals surface area contributed by atoms with Crippen molar-refractivity contribution in [1.29, 1.82) is 0 Å². The van der Waals surface area contributed by atoms with E-state index in [-0.39, 0.29) is 0 Å². The van der Waals surface area contributed by atoms with Gasteiger partial charge in [-0.2, -0.15) is 0 Å². The summed E-state index contributed by atoms with van der Waals surface area (Å²) in [6, 6.07) is 8.75. The average Bonchev–Trinajstić information content (AvgIpc) is 2.40. The molecule has 0 radical (unpaired) electrons. The van der Waals surface area contributed by atoms with Crippen molar-refractivity contribution < 1.29 is 4.74 Å². The first-order valence-corrected chi connectivity index (χ1v) is 11.5. The minimum absolute atomic E-state index is 0.714. The fourth-order valence-corrected chi connectivity index (χ4v) is 4.02. The van der Waals surface area contributed by atoms with Gasteiger partial charge in [0.15, 0.2) is 0 Å². The van der Waals surface area contributed by atoms with E-state index < -0.39 is 19.8 Å². The Bertz CT molecular complexity index is 517. The molecule has 0 saturated carbocycles. The molecule has 18 heavy (non-hydrogen) atoms. The normalized spacial score (nSPS) is 11.2. The van der Waals surface area contributed by atoms with E-state index in [2.05, 4.69) is 44.1 Å². The number of rotatable bonds is 4. The van der Waals surface area contributed by atoms with Crippen LogP contribution in [0.15, 0.2) is 46.7 Å². The average molecular weight is 374 g/mol. The molecule has 0 N–H and O–H groups in total. The van der Waals surface area contributed by atoms with Gasteiger partial charge in [0.05, 0.1) is 0 Å². The summed E-state index contributed by atoms with van der Waals surface area (Å²) in [5, 5.41) is 0.851. The van der Waals surface area contributed by atoms with Crippen molar-refractivity contribution in [2.45, 2.75) is 9.92 Å². The summed E-state index contributed by atoms with van der Waals surface area (Å²) in [6.07, 6.45) is 3.23. The number of halogens is 1. The maximum atomic E-state index is 5.24. The Kier molecular flexibility index (Phi) is 4.82. The van der Waals surface area contributed by atoms with Crippen LogP contribution in [0.1, 0.15) is 0 Å². The maximum absolute atomic E-state index is 5.24. The molecule has 0 spiro atoms. The van der Waals surface area contributed by atoms with Gasteiger partial charge in [-0.05, 0) is 0 Å². The van der Waals surface area contributed by atoms with E-state index in [9.17, 15) is 0 Å². The molecule has 1 heterocycles. The second kappa shape index (κ2) is 6.38. The predicted molar refractivity (Wildman–Crippen MR) is 83.7 cm³/mol. The van der Waals surface area contributed by atoms with Crippen LogP contribution in [0.5, 0.6) is 5.75 Å². The molecule has 0 unspecified atom stereocenters. The summed E-state index contributed by atoms with van der Waals surface area (Å²) in [7, 11) is 1.64. The molecule has 0 amide bonds. The van der Waals surface area contributed by atoms with Gasteiger partial charge in [-0.15, -0.1) is 0 Å². The summed E-state index contributed by atoms with van der Waals surface area (Å²) in [6.45, 7) is 0. The second-order valence-electron chi connectivity index (χ2n) is 3.71. The van der Waals surface area contributed by atoms with Crippen LogP contribution in [0.25, 0.3) is 0 Å². The van der Waals surface area contributed by atoms with E-state index in [1.54, 1.807) is 31.4 Å². The Labute approximate surface area is 119 Å². The molecule has 0 aliphatic rings. The first-order valence-electron chi connectivity index (χ1n) is 5.32. The first-order chi connectivity index (χ1) is 8.70. The van der Waals surface area contributed by atoms with E-state index in [0.29, 0.717) is 5.75 Å². The van der Waals surface area contributed by atoms with Crippen molar-refractivity contribution in [3.05, 3.63) is 40.4 Å². The number of methoxy groups -OCH3 is 1. The third-order valence-electron chi connectivity index (χ3n) is 2.33. The Morgan fingerprint density at radius 3 is 2.50 bits per heavy atom. The number of aromatic nitrogens is 2. The molecule has 3 nitrogen and oxygen atoms in total. The molecular weight excluding hydrogens is 359 g/mol. The summed E-state index contributed by atoms with van der Waals surface area (Å²) in [4.78, 5) is 14.1. The van der Waals surface area contributed by atoms with E-state index in [1.165, 1.54) is 8.47 Å². The van der Waals surface area contributed by atoms with E-state index in [4.69, 9.17) is 4.74 Å². The fourth-order valence-electron chi connectivity index (χ4n) is 1.39. The topological polar surface area (TPSA) is 35.0 Å². The van der Waals surface area contributed by atoms with Crippen LogP contribution in [0.2, 0.25) is 0 Å². The fraction of sp³-hybridized carbons (Fsp3) is 0.231. The minimum atomic E-state index is -0.871. The second-order valence-corrected chi connectivity index (χ2v) is 10.3. The number of hydrogen-bond donors (Lipinski definition) is 0. The van der Waals surface area contributed by atoms with Crippen molar-refractivity contribution in [2.24, 2.45) is 0 Å². The Morgan fingerprint density at radius 2 is 1.89 bits per heavy atom. The Morgan fingerprint density at radius 1 is 1.17 bits per heavy atom. The summed E-state index contributed by atoms with van der Waals surface area (Å²) >= 11 is 0.729. The number of hydrogen-bond acceptors (Lipinski definition) is 4. The Hall–Kier alpha value is -0.820. The van der Waals surface area contributed by atoms with E-state index in [0.717, 1.165) is 5.03 Å². The number of nitrogens with zero attached hydrogens (tertiary/aromatic N) is 2. The zero-order valence-electron chi connectivity index (χ0n) is 10.6. The van der Waals surface area contributed by atoms with Gasteiger partial charge in [-0.3, -0.25) is 0 Å². The van der Waals surface area contributed by atoms with Gasteiger partial charge in [-0.25, -0.2) is 0 Å². The first kappa shape index (κ1) is 13.6. The summed E-state index contributed by atoms with van der Waals surface area (Å²) in [5.41, 5.74) is 0. The standard InChI is InChI=1S/C13H15IN2OS/c1-14(2)10-4-6-11(7-5-10)18-13-12(17-3)8-15-9-16-13/h4-9H,1-3H3. The third kappa shape index (κ3) is 3.35. The van der Waals surface area contributed by atoms with Crippen molar-refractivity contribution in [3.63, 3.8) is 0 Å². The number of ether oxygens (including phenoxy) is 1. The number of alkyl halides is 2. The van der Waals surface area contributed by atoms with Gasteiger partial charge in [0.25, 0.3) is 0 Å². The van der Waals surface area contributed by atoms with Gasteiger partial charge in [0.2, 0.25) is 0 Å². The van der Waals surface area contributed by atoms with Crippen LogP contribution in [0.3, 0.4) is 0 Å². The molecule has 2 aromatic rings. The molecule has 2 rings (SSSR count). The molecule has 5 heteroatoms. The van der Waals surface area contributed by atoms with E-state index in [1.807, 2.05) is 0 Å². The van der Waals surface area contributed by atoms with Gasteiger partial charge in [0, 0.05) is 0 Å². The van der Waals surface area contributed by atoms with Crippen molar-refractivity contribution in [3.8, 4) is 5.75 Å². The van der Waals surface area contributed by atoms with Gasteiger partial charge < -0.3 is 0 Å². The predicted octanol–water partition coefficient (Wildman–Crippen LogP) is 3.57. The molecule has 1 aromatic heterocycles. The van der Waals surface area contributed by atoms with Crippen LogP contribution in [-0.4, -0.2) is 26.9 Å². The van der Waals surface area contributed by atoms with Crippen LogP contribution in [0, 0.1) is 3.57 Å². The summed E-state index contributed by atoms with van der Waals surface area (Å²) in [5.74, 6) is 0.714. The van der Waals surface area contributed by atoms with Gasteiger partial charge in [-0.1, -0.05) is 0 Å². The van der Waals surface area contributed by atoms with Crippen molar-refractivity contribution in [2.75, 3.05) is 17.0 Å². The number of benzene rings is 1. The third-order valence-corrected chi connectivity index (χ3v) is 6.55. The van der Waals surface area contributed by atoms with Crippen molar-refractivity contribution in [1.82, 2.24) is 9.97 Å². The molecule has 0 atom stereocenters. The monoisotopic (exact) mass is 374 g/mol. The quantitative estimate of drug-likeness (QED) is 0.466. The zero-order chi connectivity index (χ0) is 13.0. The molecule has 1 aromatic carbocycles. The molecule has 0 aliphatic carbocycles. The molecule has 96 valence electrons. The summed E-state index contributed by atoms with van der Waals surface area (Å²) < 4.78 is 6.74. The van der Waals surface area contributed by atoms with Gasteiger partial charge >= 0.3 is 119 Å². The zero-order valence-corrected chi connectivity index (χ0v) is 13.5.